The molecular formula is C52H78NO10P. The molecule has 0 bridgehead atoms. The van der Waals surface area contributed by atoms with Crippen molar-refractivity contribution in [3.05, 3.63) is 146 Å². The molecule has 0 aromatic heterocycles. The molecule has 0 aromatic carbocycles. The Kier molecular flexibility index (Phi) is 41.7. The highest BCUT2D eigenvalue weighted by Crippen LogP contribution is 2.43. The van der Waals surface area contributed by atoms with Gasteiger partial charge in [0.05, 0.1) is 13.2 Å². The molecule has 3 unspecified atom stereocenters. The van der Waals surface area contributed by atoms with Crippen LogP contribution in [0, 0.1) is 0 Å². The molecule has 0 fully saturated rings. The lowest BCUT2D eigenvalue weighted by molar-refractivity contribution is -0.147. The number of aliphatic hydroxyl groups is 1. The Morgan fingerprint density at radius 1 is 0.500 bits per heavy atom. The van der Waals surface area contributed by atoms with E-state index >= 15 is 0 Å². The van der Waals surface area contributed by atoms with Gasteiger partial charge in [0, 0.05) is 12.8 Å². The van der Waals surface area contributed by atoms with E-state index in [0.717, 1.165) is 77.0 Å². The third kappa shape index (κ3) is 44.0. The molecule has 356 valence electrons. The molecule has 0 radical (unpaired) electrons. The van der Waals surface area contributed by atoms with Crippen LogP contribution < -0.4 is 5.32 Å². The monoisotopic (exact) mass is 908 g/mol. The Hall–Kier alpha value is -4.64. The van der Waals surface area contributed by atoms with Crippen LogP contribution in [0.1, 0.15) is 129 Å². The van der Waals surface area contributed by atoms with Crippen LogP contribution in [-0.4, -0.2) is 64.9 Å². The number of carbonyl (C=O) groups is 3. The molecule has 0 rings (SSSR count). The van der Waals surface area contributed by atoms with Gasteiger partial charge in [-0.1, -0.05) is 160 Å². The van der Waals surface area contributed by atoms with E-state index in [1.54, 1.807) is 0 Å². The second-order valence-corrected chi connectivity index (χ2v) is 15.9. The summed E-state index contributed by atoms with van der Waals surface area (Å²) in [5.41, 5.74) is 0. The Bertz CT molecular complexity index is 1630. The van der Waals surface area contributed by atoms with Crippen molar-refractivity contribution in [2.45, 2.75) is 142 Å². The van der Waals surface area contributed by atoms with Gasteiger partial charge >= 0.3 is 19.8 Å². The van der Waals surface area contributed by atoms with E-state index in [9.17, 15) is 34.1 Å². The number of unbranched alkanes of at least 4 members (excludes halogenated alkanes) is 2. The van der Waals surface area contributed by atoms with Crippen molar-refractivity contribution in [3.63, 3.8) is 0 Å². The Balaban J connectivity index is 4.09. The summed E-state index contributed by atoms with van der Waals surface area (Å²) < 4.78 is 26.8. The smallest absolute Gasteiger partial charge is 0.472 e. The maximum Gasteiger partial charge on any atom is 0.472 e. The van der Waals surface area contributed by atoms with Gasteiger partial charge in [-0.15, -0.1) is 0 Å². The molecule has 0 heterocycles. The molecular weight excluding hydrogens is 830 g/mol. The molecule has 0 aromatic rings. The second kappa shape index (κ2) is 44.9. The summed E-state index contributed by atoms with van der Waals surface area (Å²) in [5, 5.41) is 21.8. The van der Waals surface area contributed by atoms with Gasteiger partial charge in [-0.25, -0.2) is 9.36 Å². The standard InChI is InChI=1S/C52H78NO10P/c1-3-5-7-9-11-13-15-17-19-21-22-23-24-25-26-28-29-31-33-35-37-39-41-43-50(55)53-49(52(57)58)47-63-64(59,60)62-46-48(54)45-61-51(56)44-42-40-38-36-34-32-30-27-20-18-16-14-12-10-8-6-4-2/h5-8,11-14,17-20,22-23,25-26,29-32,35-38,48-49,54H,3-4,9-10,15-16,21,24,27-28,33-34,39-47H2,1-2H3,(H,53,55)(H,57,58)(H,59,60)/b7-5-,8-6-,13-11-,14-12-,19-17-,20-18-,23-22-,26-25-,31-29-,32-30-,37-35-,38-36-. The van der Waals surface area contributed by atoms with Crippen LogP contribution in [0.25, 0.3) is 0 Å². The zero-order valence-electron chi connectivity index (χ0n) is 38.5. The molecule has 1 amide bonds. The number of carboxylic acids is 1. The molecule has 4 N–H and O–H groups in total. The minimum absolute atomic E-state index is 0.0512. The zero-order chi connectivity index (χ0) is 47.0. The van der Waals surface area contributed by atoms with Gasteiger partial charge in [0.25, 0.3) is 0 Å². The fourth-order valence-electron chi connectivity index (χ4n) is 5.16. The lowest BCUT2D eigenvalue weighted by Crippen LogP contribution is -2.43. The van der Waals surface area contributed by atoms with Gasteiger partial charge in [0.15, 0.2) is 6.04 Å². The number of allylic oxidation sites excluding steroid dienone is 24. The van der Waals surface area contributed by atoms with Crippen LogP contribution in [0.4, 0.5) is 0 Å². The number of rotatable bonds is 40. The number of aliphatic carboxylic acids is 1. The summed E-state index contributed by atoms with van der Waals surface area (Å²) in [6.07, 6.45) is 63.1. The van der Waals surface area contributed by atoms with Crippen LogP contribution in [0.15, 0.2) is 146 Å². The third-order valence-electron chi connectivity index (χ3n) is 8.62. The van der Waals surface area contributed by atoms with Crippen molar-refractivity contribution in [3.8, 4) is 0 Å². The maximum absolute atomic E-state index is 12.3. The highest BCUT2D eigenvalue weighted by molar-refractivity contribution is 7.47. The molecule has 0 spiro atoms. The quantitative estimate of drug-likeness (QED) is 0.0201. The molecule has 12 heteroatoms. The van der Waals surface area contributed by atoms with Crippen LogP contribution in [0.3, 0.4) is 0 Å². The topological polar surface area (TPSA) is 169 Å². The highest BCUT2D eigenvalue weighted by atomic mass is 31.2. The third-order valence-corrected chi connectivity index (χ3v) is 9.57. The largest absolute Gasteiger partial charge is 0.480 e. The van der Waals surface area contributed by atoms with Crippen LogP contribution in [0.2, 0.25) is 0 Å². The summed E-state index contributed by atoms with van der Waals surface area (Å²) in [5.74, 6) is -2.55. The highest BCUT2D eigenvalue weighted by Gasteiger charge is 2.28. The molecule has 11 nitrogen and oxygen atoms in total. The number of amides is 1. The first-order valence-electron chi connectivity index (χ1n) is 22.9. The Morgan fingerprint density at radius 2 is 0.828 bits per heavy atom. The Morgan fingerprint density at radius 3 is 1.19 bits per heavy atom. The number of ether oxygens (including phenoxy) is 1. The van der Waals surface area contributed by atoms with Crippen molar-refractivity contribution in [1.82, 2.24) is 5.32 Å². The molecule has 0 aliphatic carbocycles. The lowest BCUT2D eigenvalue weighted by Gasteiger charge is -2.18. The van der Waals surface area contributed by atoms with E-state index in [1.807, 2.05) is 24.3 Å². The van der Waals surface area contributed by atoms with Crippen LogP contribution in [-0.2, 0) is 32.7 Å². The fourth-order valence-corrected chi connectivity index (χ4v) is 5.93. The molecule has 64 heavy (non-hydrogen) atoms. The van der Waals surface area contributed by atoms with Crippen molar-refractivity contribution >= 4 is 25.7 Å². The molecule has 3 atom stereocenters. The fraction of sp³-hybridized carbons (Fsp3) is 0.481. The Labute approximate surface area is 384 Å². The van der Waals surface area contributed by atoms with Crippen molar-refractivity contribution < 1.29 is 47.8 Å². The number of aliphatic hydroxyl groups excluding tert-OH is 1. The van der Waals surface area contributed by atoms with Gasteiger partial charge < -0.3 is 25.2 Å². The van der Waals surface area contributed by atoms with E-state index in [-0.39, 0.29) is 12.8 Å². The van der Waals surface area contributed by atoms with Gasteiger partial charge in [0.1, 0.15) is 12.7 Å². The average Bonchev–Trinajstić information content (AvgIpc) is 3.27. The van der Waals surface area contributed by atoms with E-state index in [1.165, 1.54) is 0 Å². The predicted octanol–water partition coefficient (Wildman–Crippen LogP) is 12.3. The van der Waals surface area contributed by atoms with E-state index < -0.39 is 57.6 Å². The minimum atomic E-state index is -4.80. The number of carbonyl (C=O) groups excluding carboxylic acids is 2. The second-order valence-electron chi connectivity index (χ2n) is 14.5. The van der Waals surface area contributed by atoms with E-state index in [0.29, 0.717) is 25.7 Å². The molecule has 0 aliphatic heterocycles. The first-order valence-corrected chi connectivity index (χ1v) is 24.4. The SMILES string of the molecule is CC/C=C\C/C=C\C/C=C\C/C=C\C/C=C\C/C=C\C/C=C\CCCC(=O)NC(COP(=O)(O)OCC(O)COC(=O)CCC/C=C\C/C=C\C/C=C\C/C=C\C/C=C\CC)C(=O)O. The van der Waals surface area contributed by atoms with Gasteiger partial charge in [-0.2, -0.15) is 0 Å². The first kappa shape index (κ1) is 59.4. The summed E-state index contributed by atoms with van der Waals surface area (Å²) in [4.78, 5) is 46.0. The molecule has 0 saturated heterocycles. The number of esters is 1. The number of nitrogens with one attached hydrogen (secondary N) is 1. The average molecular weight is 908 g/mol. The number of phosphoric acid groups is 1. The van der Waals surface area contributed by atoms with Crippen molar-refractivity contribution in [1.29, 1.82) is 0 Å². The maximum atomic E-state index is 12.3. The normalized spacial score (nSPS) is 14.9. The summed E-state index contributed by atoms with van der Waals surface area (Å²) in [6, 6.07) is -1.60. The predicted molar refractivity (Wildman–Crippen MR) is 262 cm³/mol. The van der Waals surface area contributed by atoms with Gasteiger partial charge in [0.2, 0.25) is 5.91 Å². The molecule has 0 aliphatic rings. The number of hydrogen-bond donors (Lipinski definition) is 4. The van der Waals surface area contributed by atoms with E-state index in [2.05, 4.69) is 141 Å². The van der Waals surface area contributed by atoms with Crippen LogP contribution >= 0.6 is 7.82 Å². The summed E-state index contributed by atoms with van der Waals surface area (Å²) in [6.45, 7) is 2.24. The molecule has 0 saturated carbocycles. The number of hydrogen-bond acceptors (Lipinski definition) is 8. The van der Waals surface area contributed by atoms with Crippen molar-refractivity contribution in [2.75, 3.05) is 19.8 Å². The number of phosphoric ester groups is 1. The number of carboxylic acid groups (broad SMARTS) is 1. The zero-order valence-corrected chi connectivity index (χ0v) is 39.4. The van der Waals surface area contributed by atoms with Gasteiger partial charge in [-0.05, 0) is 103 Å². The lowest BCUT2D eigenvalue weighted by atomic mass is 10.2. The summed E-state index contributed by atoms with van der Waals surface area (Å²) in [7, 11) is -4.80. The van der Waals surface area contributed by atoms with Crippen LogP contribution in [0.5, 0.6) is 0 Å². The summed E-state index contributed by atoms with van der Waals surface area (Å²) >= 11 is 0. The first-order chi connectivity index (χ1) is 31.1. The van der Waals surface area contributed by atoms with E-state index in [4.69, 9.17) is 13.8 Å². The minimum Gasteiger partial charge on any atom is -0.480 e. The van der Waals surface area contributed by atoms with Gasteiger partial charge in [-0.3, -0.25) is 18.6 Å². The van der Waals surface area contributed by atoms with Crippen molar-refractivity contribution in [2.24, 2.45) is 0 Å².